The highest BCUT2D eigenvalue weighted by molar-refractivity contribution is 5.16. The summed E-state index contributed by atoms with van der Waals surface area (Å²) < 4.78 is 0. The summed E-state index contributed by atoms with van der Waals surface area (Å²) in [5, 5.41) is 12.3. The van der Waals surface area contributed by atoms with Gasteiger partial charge < -0.3 is 0 Å². The fraction of sp³-hybridized carbons (Fsp3) is 0.462. The second kappa shape index (κ2) is 5.53. The van der Waals surface area contributed by atoms with Crippen molar-refractivity contribution in [1.29, 1.82) is 5.26 Å². The Bertz CT molecular complexity index is 326. The largest absolute Gasteiger partial charge is 0.300 e. The molecular weight excluding hydrogens is 184 g/mol. The number of nitriles is 1. The molecule has 0 amide bonds. The first-order chi connectivity index (χ1) is 7.20. The van der Waals surface area contributed by atoms with E-state index < -0.39 is 5.54 Å². The molecule has 1 aromatic rings. The summed E-state index contributed by atoms with van der Waals surface area (Å²) in [6.07, 6.45) is 1.79. The molecule has 1 aromatic carbocycles. The molecule has 0 fully saturated rings. The van der Waals surface area contributed by atoms with E-state index in [-0.39, 0.29) is 0 Å². The van der Waals surface area contributed by atoms with Crippen LogP contribution in [0, 0.1) is 11.3 Å². The third-order valence-corrected chi connectivity index (χ3v) is 2.57. The van der Waals surface area contributed by atoms with Crippen molar-refractivity contribution in [3.63, 3.8) is 0 Å². The first kappa shape index (κ1) is 11.7. The molecule has 1 atom stereocenters. The number of nitrogens with one attached hydrogen (secondary N) is 1. The van der Waals surface area contributed by atoms with E-state index in [4.69, 9.17) is 5.26 Å². The minimum atomic E-state index is -0.398. The summed E-state index contributed by atoms with van der Waals surface area (Å²) in [6, 6.07) is 12.6. The quantitative estimate of drug-likeness (QED) is 0.796. The number of aryl methyl sites for hydroxylation is 1. The molecule has 0 spiro atoms. The molecule has 0 radical (unpaired) electrons. The van der Waals surface area contributed by atoms with E-state index in [0.29, 0.717) is 0 Å². The van der Waals surface area contributed by atoms with Gasteiger partial charge in [0.2, 0.25) is 0 Å². The van der Waals surface area contributed by atoms with E-state index in [2.05, 4.69) is 23.5 Å². The topological polar surface area (TPSA) is 35.8 Å². The predicted octanol–water partition coefficient (Wildman–Crippen LogP) is 2.51. The SMILES string of the molecule is CCNC(C)(C#N)CCc1ccccc1. The van der Waals surface area contributed by atoms with Gasteiger partial charge in [0.25, 0.3) is 0 Å². The van der Waals surface area contributed by atoms with Crippen LogP contribution < -0.4 is 5.32 Å². The molecule has 2 nitrogen and oxygen atoms in total. The van der Waals surface area contributed by atoms with Crippen molar-refractivity contribution >= 4 is 0 Å². The van der Waals surface area contributed by atoms with E-state index >= 15 is 0 Å². The monoisotopic (exact) mass is 202 g/mol. The van der Waals surface area contributed by atoms with Crippen LogP contribution in [0.5, 0.6) is 0 Å². The van der Waals surface area contributed by atoms with E-state index in [9.17, 15) is 0 Å². The second-order valence-corrected chi connectivity index (χ2v) is 3.96. The number of hydrogen-bond donors (Lipinski definition) is 1. The Kier molecular flexibility index (Phi) is 4.33. The highest BCUT2D eigenvalue weighted by Crippen LogP contribution is 2.13. The van der Waals surface area contributed by atoms with Gasteiger partial charge in [0, 0.05) is 0 Å². The third-order valence-electron chi connectivity index (χ3n) is 2.57. The lowest BCUT2D eigenvalue weighted by atomic mass is 9.95. The van der Waals surface area contributed by atoms with Crippen LogP contribution in [0.2, 0.25) is 0 Å². The summed E-state index contributed by atoms with van der Waals surface area (Å²) in [5.41, 5.74) is 0.891. The van der Waals surface area contributed by atoms with Gasteiger partial charge in [-0.2, -0.15) is 5.26 Å². The molecule has 1 rings (SSSR count). The van der Waals surface area contributed by atoms with Crippen LogP contribution in [-0.4, -0.2) is 12.1 Å². The molecule has 80 valence electrons. The number of nitrogens with zero attached hydrogens (tertiary/aromatic N) is 1. The Hall–Kier alpha value is -1.33. The van der Waals surface area contributed by atoms with Crippen LogP contribution in [-0.2, 0) is 6.42 Å². The summed E-state index contributed by atoms with van der Waals surface area (Å²) in [7, 11) is 0. The number of hydrogen-bond acceptors (Lipinski definition) is 2. The summed E-state index contributed by atoms with van der Waals surface area (Å²) in [5.74, 6) is 0. The van der Waals surface area contributed by atoms with Crippen molar-refractivity contribution in [2.75, 3.05) is 6.54 Å². The summed E-state index contributed by atoms with van der Waals surface area (Å²) in [4.78, 5) is 0. The van der Waals surface area contributed by atoms with Crippen molar-refractivity contribution < 1.29 is 0 Å². The van der Waals surface area contributed by atoms with Crippen LogP contribution in [0.1, 0.15) is 25.8 Å². The maximum Gasteiger partial charge on any atom is 0.104 e. The lowest BCUT2D eigenvalue weighted by Crippen LogP contribution is -2.41. The van der Waals surface area contributed by atoms with Crippen molar-refractivity contribution in [2.45, 2.75) is 32.2 Å². The first-order valence-electron chi connectivity index (χ1n) is 5.40. The van der Waals surface area contributed by atoms with Gasteiger partial charge in [-0.15, -0.1) is 0 Å². The maximum atomic E-state index is 9.08. The van der Waals surface area contributed by atoms with Crippen LogP contribution >= 0.6 is 0 Å². The molecular formula is C13H18N2. The van der Waals surface area contributed by atoms with E-state index in [1.165, 1.54) is 5.56 Å². The molecule has 0 heterocycles. The zero-order valence-electron chi connectivity index (χ0n) is 9.46. The number of benzene rings is 1. The van der Waals surface area contributed by atoms with Gasteiger partial charge in [0.1, 0.15) is 5.54 Å². The van der Waals surface area contributed by atoms with Crippen molar-refractivity contribution in [1.82, 2.24) is 5.32 Å². The Balaban J connectivity index is 2.52. The Morgan fingerprint density at radius 3 is 2.53 bits per heavy atom. The molecule has 0 aliphatic heterocycles. The van der Waals surface area contributed by atoms with Gasteiger partial charge in [0.05, 0.1) is 6.07 Å². The molecule has 0 aliphatic rings. The van der Waals surface area contributed by atoms with Gasteiger partial charge >= 0.3 is 0 Å². The van der Waals surface area contributed by atoms with Gasteiger partial charge in [-0.1, -0.05) is 37.3 Å². The molecule has 15 heavy (non-hydrogen) atoms. The smallest absolute Gasteiger partial charge is 0.104 e. The van der Waals surface area contributed by atoms with E-state index in [1.807, 2.05) is 32.0 Å². The zero-order chi connectivity index (χ0) is 11.1. The van der Waals surface area contributed by atoms with E-state index in [1.54, 1.807) is 0 Å². The minimum Gasteiger partial charge on any atom is -0.300 e. The normalized spacial score (nSPS) is 14.2. The molecule has 1 N–H and O–H groups in total. The highest BCUT2D eigenvalue weighted by Gasteiger charge is 2.21. The Morgan fingerprint density at radius 1 is 1.33 bits per heavy atom. The molecule has 1 unspecified atom stereocenters. The fourth-order valence-corrected chi connectivity index (χ4v) is 1.61. The van der Waals surface area contributed by atoms with Crippen molar-refractivity contribution in [3.05, 3.63) is 35.9 Å². The predicted molar refractivity (Wildman–Crippen MR) is 62.5 cm³/mol. The minimum absolute atomic E-state index is 0.398. The zero-order valence-corrected chi connectivity index (χ0v) is 9.46. The molecule has 0 aromatic heterocycles. The van der Waals surface area contributed by atoms with Gasteiger partial charge in [-0.25, -0.2) is 0 Å². The fourth-order valence-electron chi connectivity index (χ4n) is 1.61. The van der Waals surface area contributed by atoms with Gasteiger partial charge in [-0.3, -0.25) is 5.32 Å². The first-order valence-corrected chi connectivity index (χ1v) is 5.40. The van der Waals surface area contributed by atoms with Crippen LogP contribution in [0.15, 0.2) is 30.3 Å². The standard InChI is InChI=1S/C13H18N2/c1-3-15-13(2,11-14)10-9-12-7-5-4-6-8-12/h4-8,15H,3,9-10H2,1-2H3. The molecule has 0 aliphatic carbocycles. The lowest BCUT2D eigenvalue weighted by molar-refractivity contribution is 0.429. The molecule has 0 bridgehead atoms. The van der Waals surface area contributed by atoms with Crippen LogP contribution in [0.25, 0.3) is 0 Å². The highest BCUT2D eigenvalue weighted by atomic mass is 14.9. The molecule has 2 heteroatoms. The summed E-state index contributed by atoms with van der Waals surface area (Å²) >= 11 is 0. The van der Waals surface area contributed by atoms with Crippen molar-refractivity contribution in [2.24, 2.45) is 0 Å². The van der Waals surface area contributed by atoms with Crippen LogP contribution in [0.4, 0.5) is 0 Å². The molecule has 0 saturated heterocycles. The second-order valence-electron chi connectivity index (χ2n) is 3.96. The average Bonchev–Trinajstić information content (AvgIpc) is 2.28. The Morgan fingerprint density at radius 2 is 2.00 bits per heavy atom. The van der Waals surface area contributed by atoms with E-state index in [0.717, 1.165) is 19.4 Å². The average molecular weight is 202 g/mol. The third kappa shape index (κ3) is 3.73. The van der Waals surface area contributed by atoms with Gasteiger partial charge in [0.15, 0.2) is 0 Å². The number of rotatable bonds is 5. The summed E-state index contributed by atoms with van der Waals surface area (Å²) in [6.45, 7) is 4.82. The molecule has 0 saturated carbocycles. The van der Waals surface area contributed by atoms with Gasteiger partial charge in [-0.05, 0) is 31.9 Å². The maximum absolute atomic E-state index is 9.08. The lowest BCUT2D eigenvalue weighted by Gasteiger charge is -2.22. The van der Waals surface area contributed by atoms with Crippen molar-refractivity contribution in [3.8, 4) is 6.07 Å². The van der Waals surface area contributed by atoms with Crippen LogP contribution in [0.3, 0.4) is 0 Å². The Labute approximate surface area is 91.9 Å².